The molecule has 1 aromatic heterocycles. The van der Waals surface area contributed by atoms with Crippen LogP contribution in [0.4, 0.5) is 11.4 Å². The summed E-state index contributed by atoms with van der Waals surface area (Å²) in [6.07, 6.45) is 1.34. The predicted octanol–water partition coefficient (Wildman–Crippen LogP) is 3.80. The molecule has 0 spiro atoms. The van der Waals surface area contributed by atoms with Crippen LogP contribution in [0.1, 0.15) is 16.1 Å². The van der Waals surface area contributed by atoms with E-state index in [2.05, 4.69) is 31.1 Å². The molecule has 0 saturated carbocycles. The topological polar surface area (TPSA) is 101 Å². The molecule has 1 amide bonds. The number of rotatable bonds is 5. The average molecular weight is 436 g/mol. The van der Waals surface area contributed by atoms with Crippen LogP contribution in [0.15, 0.2) is 68.6 Å². The zero-order valence-corrected chi connectivity index (χ0v) is 16.0. The summed E-state index contributed by atoms with van der Waals surface area (Å²) in [6, 6.07) is 12.8. The Morgan fingerprint density at radius 2 is 1.73 bits per heavy atom. The third kappa shape index (κ3) is 3.94. The van der Waals surface area contributed by atoms with E-state index in [1.165, 1.54) is 12.3 Å². The van der Waals surface area contributed by atoms with E-state index in [0.717, 1.165) is 0 Å². The molecule has 0 bridgehead atoms. The van der Waals surface area contributed by atoms with Crippen molar-refractivity contribution in [3.05, 3.63) is 70.5 Å². The van der Waals surface area contributed by atoms with Crippen molar-refractivity contribution in [1.82, 2.24) is 5.16 Å². The second-order valence-electron chi connectivity index (χ2n) is 5.36. The van der Waals surface area contributed by atoms with Crippen molar-refractivity contribution in [2.45, 2.75) is 11.8 Å². The normalized spacial score (nSPS) is 11.2. The largest absolute Gasteiger partial charge is 0.361 e. The van der Waals surface area contributed by atoms with Gasteiger partial charge in [-0.2, -0.15) is 0 Å². The molecule has 1 heterocycles. The molecule has 0 saturated heterocycles. The van der Waals surface area contributed by atoms with Crippen LogP contribution in [-0.2, 0) is 10.0 Å². The maximum Gasteiger partial charge on any atom is 0.263 e. The van der Waals surface area contributed by atoms with Crippen molar-refractivity contribution < 1.29 is 17.7 Å². The van der Waals surface area contributed by atoms with E-state index in [9.17, 15) is 13.2 Å². The van der Waals surface area contributed by atoms with Crippen molar-refractivity contribution in [3.63, 3.8) is 0 Å². The molecule has 2 N–H and O–H groups in total. The molecule has 0 aliphatic rings. The van der Waals surface area contributed by atoms with E-state index in [-0.39, 0.29) is 10.8 Å². The number of hydrogen-bond acceptors (Lipinski definition) is 5. The van der Waals surface area contributed by atoms with Gasteiger partial charge in [0, 0.05) is 15.8 Å². The number of amides is 1. The van der Waals surface area contributed by atoms with Gasteiger partial charge in [0.2, 0.25) is 0 Å². The number of nitrogens with one attached hydrogen (secondary N) is 2. The second-order valence-corrected chi connectivity index (χ2v) is 7.87. The van der Waals surface area contributed by atoms with Crippen molar-refractivity contribution in [2.24, 2.45) is 0 Å². The summed E-state index contributed by atoms with van der Waals surface area (Å²) < 4.78 is 32.7. The summed E-state index contributed by atoms with van der Waals surface area (Å²) in [7, 11) is -3.73. The first-order valence-corrected chi connectivity index (χ1v) is 9.74. The van der Waals surface area contributed by atoms with E-state index in [0.29, 0.717) is 27.2 Å². The number of carbonyl (C=O) groups excluding carboxylic acids is 1. The van der Waals surface area contributed by atoms with Crippen LogP contribution in [0, 0.1) is 6.92 Å². The lowest BCUT2D eigenvalue weighted by Crippen LogP contribution is -2.14. The molecular weight excluding hydrogens is 422 g/mol. The molecule has 0 aliphatic heterocycles. The van der Waals surface area contributed by atoms with E-state index in [4.69, 9.17) is 4.52 Å². The third-order valence-corrected chi connectivity index (χ3v) is 5.91. The molecule has 0 atom stereocenters. The number of halogens is 1. The molecule has 9 heteroatoms. The highest BCUT2D eigenvalue weighted by Gasteiger charge is 2.17. The number of sulfonamides is 1. The Bertz CT molecular complexity index is 1050. The summed E-state index contributed by atoms with van der Waals surface area (Å²) in [5.74, 6) is 0.0608. The maximum absolute atomic E-state index is 12.4. The Kier molecular flexibility index (Phi) is 5.10. The minimum Gasteiger partial charge on any atom is -0.361 e. The quantitative estimate of drug-likeness (QED) is 0.634. The van der Waals surface area contributed by atoms with Gasteiger partial charge in [-0.25, -0.2) is 8.42 Å². The van der Waals surface area contributed by atoms with Gasteiger partial charge < -0.3 is 9.84 Å². The van der Waals surface area contributed by atoms with Gasteiger partial charge in [0.15, 0.2) is 0 Å². The van der Waals surface area contributed by atoms with Gasteiger partial charge in [-0.1, -0.05) is 17.3 Å². The van der Waals surface area contributed by atoms with Crippen molar-refractivity contribution in [3.8, 4) is 0 Å². The van der Waals surface area contributed by atoms with Crippen LogP contribution >= 0.6 is 15.9 Å². The van der Waals surface area contributed by atoms with Gasteiger partial charge >= 0.3 is 0 Å². The van der Waals surface area contributed by atoms with Crippen LogP contribution in [0.5, 0.6) is 0 Å². The van der Waals surface area contributed by atoms with E-state index in [1.807, 2.05) is 0 Å². The summed E-state index contributed by atoms with van der Waals surface area (Å²) in [5, 5.41) is 6.25. The smallest absolute Gasteiger partial charge is 0.263 e. The molecule has 0 fully saturated rings. The summed E-state index contributed by atoms with van der Waals surface area (Å²) >= 11 is 3.23. The van der Waals surface area contributed by atoms with Gasteiger partial charge in [-0.3, -0.25) is 9.52 Å². The second kappa shape index (κ2) is 7.30. The fourth-order valence-corrected chi connectivity index (χ4v) is 4.27. The van der Waals surface area contributed by atoms with Crippen LogP contribution in [0.3, 0.4) is 0 Å². The predicted molar refractivity (Wildman–Crippen MR) is 101 cm³/mol. The van der Waals surface area contributed by atoms with Gasteiger partial charge in [0.1, 0.15) is 16.2 Å². The lowest BCUT2D eigenvalue weighted by Gasteiger charge is -2.10. The lowest BCUT2D eigenvalue weighted by atomic mass is 10.2. The monoisotopic (exact) mass is 435 g/mol. The number of aryl methyl sites for hydroxylation is 1. The minimum absolute atomic E-state index is 0.139. The van der Waals surface area contributed by atoms with Crippen LogP contribution in [0.2, 0.25) is 0 Å². The lowest BCUT2D eigenvalue weighted by molar-refractivity contribution is 0.102. The highest BCUT2D eigenvalue weighted by molar-refractivity contribution is 9.10. The standard InChI is InChI=1S/C17H14BrN3O4S/c1-11-14(10-19-25-11)17(22)20-12-6-8-13(9-7-12)21-26(23,24)16-5-3-2-4-15(16)18/h2-10,21H,1H3,(H,20,22). The fourth-order valence-electron chi connectivity index (χ4n) is 2.21. The van der Waals surface area contributed by atoms with E-state index < -0.39 is 10.0 Å². The molecule has 7 nitrogen and oxygen atoms in total. The molecule has 3 rings (SSSR count). The number of carbonyl (C=O) groups is 1. The Morgan fingerprint density at radius 3 is 2.35 bits per heavy atom. The average Bonchev–Trinajstić information content (AvgIpc) is 3.03. The fraction of sp³-hybridized carbons (Fsp3) is 0.0588. The Hall–Kier alpha value is -2.65. The molecule has 2 aromatic carbocycles. The number of hydrogen-bond donors (Lipinski definition) is 2. The van der Waals surface area contributed by atoms with Crippen molar-refractivity contribution >= 4 is 43.2 Å². The van der Waals surface area contributed by atoms with Gasteiger partial charge in [-0.15, -0.1) is 0 Å². The highest BCUT2D eigenvalue weighted by Crippen LogP contribution is 2.24. The Labute approximate surface area is 158 Å². The van der Waals surface area contributed by atoms with E-state index >= 15 is 0 Å². The van der Waals surface area contributed by atoms with Crippen LogP contribution in [0.25, 0.3) is 0 Å². The Balaban J connectivity index is 1.73. The first-order chi connectivity index (χ1) is 12.4. The van der Waals surface area contributed by atoms with Gasteiger partial charge in [0.05, 0.1) is 6.20 Å². The maximum atomic E-state index is 12.4. The van der Waals surface area contributed by atoms with Crippen molar-refractivity contribution in [1.29, 1.82) is 0 Å². The van der Waals surface area contributed by atoms with E-state index in [1.54, 1.807) is 49.4 Å². The van der Waals surface area contributed by atoms with Gasteiger partial charge in [-0.05, 0) is 59.3 Å². The molecule has 0 radical (unpaired) electrons. The van der Waals surface area contributed by atoms with Gasteiger partial charge in [0.25, 0.3) is 15.9 Å². The summed E-state index contributed by atoms with van der Waals surface area (Å²) in [5.41, 5.74) is 1.23. The highest BCUT2D eigenvalue weighted by atomic mass is 79.9. The Morgan fingerprint density at radius 1 is 1.08 bits per heavy atom. The zero-order valence-electron chi connectivity index (χ0n) is 13.6. The summed E-state index contributed by atoms with van der Waals surface area (Å²) in [4.78, 5) is 12.2. The molecule has 26 heavy (non-hydrogen) atoms. The van der Waals surface area contributed by atoms with Crippen molar-refractivity contribution in [2.75, 3.05) is 10.0 Å². The van der Waals surface area contributed by atoms with Crippen LogP contribution in [-0.4, -0.2) is 19.5 Å². The first-order valence-electron chi connectivity index (χ1n) is 7.47. The number of aromatic nitrogens is 1. The summed E-state index contributed by atoms with van der Waals surface area (Å²) in [6.45, 7) is 1.64. The number of nitrogens with zero attached hydrogens (tertiary/aromatic N) is 1. The SMILES string of the molecule is Cc1oncc1C(=O)Nc1ccc(NS(=O)(=O)c2ccccc2Br)cc1. The number of benzene rings is 2. The molecule has 134 valence electrons. The number of anilines is 2. The molecule has 3 aromatic rings. The molecule has 0 aliphatic carbocycles. The first kappa shape index (κ1) is 18.2. The third-order valence-electron chi connectivity index (χ3n) is 3.52. The molecule has 0 unspecified atom stereocenters. The minimum atomic E-state index is -3.73. The zero-order chi connectivity index (χ0) is 18.7. The van der Waals surface area contributed by atoms with Crippen LogP contribution < -0.4 is 10.0 Å². The molecular formula is C17H14BrN3O4S.